The normalized spacial score (nSPS) is 11.9. The van der Waals surface area contributed by atoms with Crippen LogP contribution in [0.3, 0.4) is 0 Å². The van der Waals surface area contributed by atoms with E-state index in [1.807, 2.05) is 0 Å². The predicted molar refractivity (Wildman–Crippen MR) is 103 cm³/mol. The molecule has 2 heterocycles. The van der Waals surface area contributed by atoms with Crippen molar-refractivity contribution in [1.29, 1.82) is 0 Å². The largest absolute Gasteiger partial charge is 0.232 e. The van der Waals surface area contributed by atoms with Crippen molar-refractivity contribution in [2.75, 3.05) is 0 Å². The second-order valence-electron chi connectivity index (χ2n) is 6.95. The van der Waals surface area contributed by atoms with Gasteiger partial charge in [0.2, 0.25) is 0 Å². The van der Waals surface area contributed by atoms with Gasteiger partial charge in [-0.1, -0.05) is 31.5 Å². The van der Waals surface area contributed by atoms with E-state index in [-0.39, 0.29) is 0 Å². The maximum atomic E-state index is 4.92. The Balaban J connectivity index is 2.36. The molecule has 2 aromatic carbocycles. The molecule has 2 nitrogen and oxygen atoms in total. The van der Waals surface area contributed by atoms with Gasteiger partial charge in [0.25, 0.3) is 0 Å². The molecule has 0 N–H and O–H groups in total. The first-order chi connectivity index (χ1) is 11.5. The number of hydrogen-bond donors (Lipinski definition) is 0. The maximum absolute atomic E-state index is 4.92. The third kappa shape index (κ3) is 1.92. The zero-order valence-corrected chi connectivity index (χ0v) is 15.2. The minimum Gasteiger partial charge on any atom is -0.232 e. The zero-order valence-electron chi connectivity index (χ0n) is 15.2. The Kier molecular flexibility index (Phi) is 3.38. The molecule has 0 unspecified atom stereocenters. The molecular formula is C22H24N2. The Morgan fingerprint density at radius 2 is 1.50 bits per heavy atom. The summed E-state index contributed by atoms with van der Waals surface area (Å²) in [4.78, 5) is 0. The molecule has 0 saturated carbocycles. The minimum absolute atomic E-state index is 1.03. The van der Waals surface area contributed by atoms with Crippen molar-refractivity contribution in [3.63, 3.8) is 0 Å². The van der Waals surface area contributed by atoms with Crippen LogP contribution in [0.5, 0.6) is 0 Å². The summed E-state index contributed by atoms with van der Waals surface area (Å²) in [5, 5.41) is 8.98. The summed E-state index contributed by atoms with van der Waals surface area (Å²) in [7, 11) is 0. The predicted octanol–water partition coefficient (Wildman–Crippen LogP) is 5.83. The van der Waals surface area contributed by atoms with Crippen LogP contribution in [0.1, 0.15) is 41.3 Å². The van der Waals surface area contributed by atoms with Gasteiger partial charge in [0.15, 0.2) is 0 Å². The van der Waals surface area contributed by atoms with Crippen LogP contribution < -0.4 is 0 Å². The lowest BCUT2D eigenvalue weighted by atomic mass is 9.89. The molecule has 0 aliphatic heterocycles. The number of para-hydroxylation sites is 1. The highest BCUT2D eigenvalue weighted by atomic mass is 15.2. The summed E-state index contributed by atoms with van der Waals surface area (Å²) in [6.45, 7) is 11.2. The van der Waals surface area contributed by atoms with E-state index in [0.29, 0.717) is 0 Å². The summed E-state index contributed by atoms with van der Waals surface area (Å²) in [5.74, 6) is 0. The summed E-state index contributed by atoms with van der Waals surface area (Å²) >= 11 is 0. The van der Waals surface area contributed by atoms with Gasteiger partial charge in [0.1, 0.15) is 0 Å². The Bertz CT molecular complexity index is 1100. The van der Waals surface area contributed by atoms with Crippen LogP contribution in [0.4, 0.5) is 0 Å². The van der Waals surface area contributed by atoms with E-state index in [2.05, 4.69) is 69.5 Å². The number of hydrogen-bond acceptors (Lipinski definition) is 1. The van der Waals surface area contributed by atoms with Gasteiger partial charge < -0.3 is 0 Å². The molecule has 122 valence electrons. The molecule has 4 aromatic rings. The van der Waals surface area contributed by atoms with Crippen LogP contribution in [-0.4, -0.2) is 9.61 Å². The van der Waals surface area contributed by atoms with Crippen LogP contribution in [0, 0.1) is 27.7 Å². The van der Waals surface area contributed by atoms with E-state index < -0.39 is 0 Å². The fourth-order valence-corrected chi connectivity index (χ4v) is 4.01. The molecule has 0 atom stereocenters. The monoisotopic (exact) mass is 316 g/mol. The fourth-order valence-electron chi connectivity index (χ4n) is 4.01. The molecule has 0 aliphatic rings. The van der Waals surface area contributed by atoms with Gasteiger partial charge in [-0.3, -0.25) is 0 Å². The zero-order chi connectivity index (χ0) is 17.0. The molecule has 0 saturated heterocycles. The highest BCUT2D eigenvalue weighted by Crippen LogP contribution is 2.37. The number of pyridine rings is 1. The van der Waals surface area contributed by atoms with Gasteiger partial charge in [0.05, 0.1) is 16.7 Å². The van der Waals surface area contributed by atoms with E-state index in [1.54, 1.807) is 0 Å². The van der Waals surface area contributed by atoms with Crippen LogP contribution >= 0.6 is 0 Å². The molecule has 2 heteroatoms. The van der Waals surface area contributed by atoms with E-state index in [9.17, 15) is 0 Å². The van der Waals surface area contributed by atoms with Gasteiger partial charge in [-0.25, -0.2) is 4.52 Å². The molecule has 0 fully saturated rings. The number of rotatable bonds is 2. The van der Waals surface area contributed by atoms with Gasteiger partial charge >= 0.3 is 0 Å². The Labute approximate surface area is 143 Å². The van der Waals surface area contributed by atoms with Crippen molar-refractivity contribution in [3.8, 4) is 0 Å². The third-order valence-corrected chi connectivity index (χ3v) is 5.61. The Hall–Kier alpha value is -2.35. The summed E-state index contributed by atoms with van der Waals surface area (Å²) in [6.07, 6.45) is 2.15. The average Bonchev–Trinajstić information content (AvgIpc) is 3.01. The molecule has 0 bridgehead atoms. The van der Waals surface area contributed by atoms with Crippen molar-refractivity contribution >= 4 is 27.2 Å². The first-order valence-electron chi connectivity index (χ1n) is 8.84. The summed E-state index contributed by atoms with van der Waals surface area (Å²) < 4.78 is 2.16. The van der Waals surface area contributed by atoms with Crippen molar-refractivity contribution in [2.45, 2.75) is 47.5 Å². The van der Waals surface area contributed by atoms with E-state index in [4.69, 9.17) is 5.10 Å². The molecule has 24 heavy (non-hydrogen) atoms. The minimum atomic E-state index is 1.03. The Morgan fingerprint density at radius 1 is 0.833 bits per heavy atom. The van der Waals surface area contributed by atoms with Gasteiger partial charge in [-0.05, 0) is 73.9 Å². The molecule has 2 aromatic heterocycles. The number of benzene rings is 2. The standard InChI is InChI=1S/C22H24N2/c1-6-9-17-12-20-22-16(5)14(3)13(2)15(4)21(22)18-10-7-8-11-19(18)24(20)23-17/h7-8,10-12H,6,9H2,1-5H3. The number of fused-ring (bicyclic) bond motifs is 6. The first kappa shape index (κ1) is 15.2. The molecule has 0 aliphatic carbocycles. The van der Waals surface area contributed by atoms with Crippen molar-refractivity contribution < 1.29 is 0 Å². The molecule has 4 rings (SSSR count). The maximum Gasteiger partial charge on any atom is 0.0753 e. The molecule has 0 spiro atoms. The SMILES string of the molecule is CCCc1cc2c3c(C)c(C)c(C)c(C)c3c3ccccc3n2n1. The van der Waals surface area contributed by atoms with Crippen molar-refractivity contribution in [1.82, 2.24) is 9.61 Å². The number of aryl methyl sites for hydroxylation is 3. The van der Waals surface area contributed by atoms with Crippen LogP contribution in [0.25, 0.3) is 27.2 Å². The van der Waals surface area contributed by atoms with Gasteiger partial charge in [0, 0.05) is 10.8 Å². The highest BCUT2D eigenvalue weighted by Gasteiger charge is 2.17. The molecule has 0 amide bonds. The van der Waals surface area contributed by atoms with Crippen LogP contribution in [0.2, 0.25) is 0 Å². The third-order valence-electron chi connectivity index (χ3n) is 5.61. The smallest absolute Gasteiger partial charge is 0.0753 e. The van der Waals surface area contributed by atoms with Crippen LogP contribution in [0.15, 0.2) is 30.3 Å². The van der Waals surface area contributed by atoms with E-state index in [0.717, 1.165) is 12.8 Å². The molecular weight excluding hydrogens is 292 g/mol. The van der Waals surface area contributed by atoms with Gasteiger partial charge in [-0.2, -0.15) is 5.10 Å². The second-order valence-corrected chi connectivity index (χ2v) is 6.95. The average molecular weight is 316 g/mol. The van der Waals surface area contributed by atoms with Gasteiger partial charge in [-0.15, -0.1) is 0 Å². The van der Waals surface area contributed by atoms with Crippen molar-refractivity contribution in [3.05, 3.63) is 58.3 Å². The lowest BCUT2D eigenvalue weighted by molar-refractivity contribution is 0.849. The quantitative estimate of drug-likeness (QED) is 0.425. The Morgan fingerprint density at radius 3 is 2.21 bits per heavy atom. The lowest BCUT2D eigenvalue weighted by Gasteiger charge is -2.17. The first-order valence-corrected chi connectivity index (χ1v) is 8.84. The number of aromatic nitrogens is 2. The molecule has 0 radical (unpaired) electrons. The van der Waals surface area contributed by atoms with E-state index >= 15 is 0 Å². The van der Waals surface area contributed by atoms with Crippen molar-refractivity contribution in [2.24, 2.45) is 0 Å². The second kappa shape index (κ2) is 5.34. The topological polar surface area (TPSA) is 17.3 Å². The van der Waals surface area contributed by atoms with E-state index in [1.165, 1.54) is 55.1 Å². The summed E-state index contributed by atoms with van der Waals surface area (Å²) in [5.41, 5.74) is 9.21. The lowest BCUT2D eigenvalue weighted by Crippen LogP contribution is -1.99. The highest BCUT2D eigenvalue weighted by molar-refractivity contribution is 6.15. The summed E-state index contributed by atoms with van der Waals surface area (Å²) in [6, 6.07) is 11.0. The fraction of sp³-hybridized carbons (Fsp3) is 0.318. The van der Waals surface area contributed by atoms with Crippen LogP contribution in [-0.2, 0) is 6.42 Å². The number of nitrogens with zero attached hydrogens (tertiary/aromatic N) is 2.